The third-order valence-electron chi connectivity index (χ3n) is 3.40. The highest BCUT2D eigenvalue weighted by atomic mass is 16.5. The van der Waals surface area contributed by atoms with Crippen molar-refractivity contribution in [1.82, 2.24) is 0 Å². The number of ether oxygens (including phenoxy) is 2. The van der Waals surface area contributed by atoms with Gasteiger partial charge in [-0.05, 0) is 37.3 Å². The highest BCUT2D eigenvalue weighted by Crippen LogP contribution is 2.29. The van der Waals surface area contributed by atoms with Crippen molar-refractivity contribution in [3.8, 4) is 11.5 Å². The van der Waals surface area contributed by atoms with Gasteiger partial charge in [0.25, 0.3) is 0 Å². The molecule has 124 valence electrons. The zero-order chi connectivity index (χ0) is 17.5. The first-order chi connectivity index (χ1) is 11.5. The van der Waals surface area contributed by atoms with Gasteiger partial charge in [0.05, 0.1) is 19.8 Å². The first-order valence-corrected chi connectivity index (χ1v) is 7.36. The van der Waals surface area contributed by atoms with E-state index in [2.05, 4.69) is 5.32 Å². The Morgan fingerprint density at radius 1 is 1.00 bits per heavy atom. The maximum atomic E-state index is 12.1. The molecule has 0 unspecified atom stereocenters. The molecular formula is C19H19NO4. The summed E-state index contributed by atoms with van der Waals surface area (Å²) in [5.74, 6) is 0.845. The van der Waals surface area contributed by atoms with E-state index >= 15 is 0 Å². The molecule has 2 rings (SSSR count). The van der Waals surface area contributed by atoms with Crippen LogP contribution in [0.4, 0.5) is 5.69 Å². The number of carbonyl (C=O) groups excluding carboxylic acids is 2. The number of benzene rings is 2. The molecular weight excluding hydrogens is 306 g/mol. The summed E-state index contributed by atoms with van der Waals surface area (Å²) in [6, 6.07) is 12.2. The van der Waals surface area contributed by atoms with Crippen molar-refractivity contribution in [3.63, 3.8) is 0 Å². The van der Waals surface area contributed by atoms with E-state index in [9.17, 15) is 9.59 Å². The first kappa shape index (κ1) is 17.3. The third-order valence-corrected chi connectivity index (χ3v) is 3.40. The molecule has 0 spiro atoms. The summed E-state index contributed by atoms with van der Waals surface area (Å²) in [6.07, 6.45) is 3.02. The number of methoxy groups -OCH3 is 2. The molecule has 0 fully saturated rings. The van der Waals surface area contributed by atoms with Gasteiger partial charge >= 0.3 is 0 Å². The van der Waals surface area contributed by atoms with Crippen molar-refractivity contribution in [1.29, 1.82) is 0 Å². The van der Waals surface area contributed by atoms with Crippen molar-refractivity contribution in [3.05, 3.63) is 59.7 Å². The minimum Gasteiger partial charge on any atom is -0.496 e. The zero-order valence-corrected chi connectivity index (χ0v) is 13.8. The molecule has 0 aliphatic heterocycles. The van der Waals surface area contributed by atoms with Gasteiger partial charge in [0.2, 0.25) is 5.91 Å². The number of ketones is 1. The van der Waals surface area contributed by atoms with Crippen LogP contribution in [0.5, 0.6) is 11.5 Å². The van der Waals surface area contributed by atoms with E-state index in [-0.39, 0.29) is 11.7 Å². The van der Waals surface area contributed by atoms with Crippen molar-refractivity contribution >= 4 is 23.5 Å². The predicted molar refractivity (Wildman–Crippen MR) is 93.7 cm³/mol. The van der Waals surface area contributed by atoms with Crippen LogP contribution in [0.3, 0.4) is 0 Å². The molecule has 0 aliphatic carbocycles. The molecule has 2 aromatic rings. The highest BCUT2D eigenvalue weighted by Gasteiger charge is 2.07. The topological polar surface area (TPSA) is 64.6 Å². The van der Waals surface area contributed by atoms with E-state index in [0.717, 1.165) is 0 Å². The van der Waals surface area contributed by atoms with Crippen LogP contribution in [0.25, 0.3) is 6.08 Å². The van der Waals surface area contributed by atoms with Gasteiger partial charge in [-0.3, -0.25) is 9.59 Å². The average Bonchev–Trinajstić information content (AvgIpc) is 2.59. The van der Waals surface area contributed by atoms with Crippen molar-refractivity contribution in [2.45, 2.75) is 6.92 Å². The first-order valence-electron chi connectivity index (χ1n) is 7.36. The van der Waals surface area contributed by atoms with E-state index in [4.69, 9.17) is 9.47 Å². The van der Waals surface area contributed by atoms with Crippen LogP contribution in [-0.4, -0.2) is 25.9 Å². The molecule has 5 heteroatoms. The average molecular weight is 325 g/mol. The molecule has 0 aromatic heterocycles. The molecule has 0 atom stereocenters. The number of rotatable bonds is 6. The largest absolute Gasteiger partial charge is 0.496 e. The second-order valence-electron chi connectivity index (χ2n) is 5.04. The van der Waals surface area contributed by atoms with E-state index in [1.54, 1.807) is 56.7 Å². The summed E-state index contributed by atoms with van der Waals surface area (Å²) in [5, 5.41) is 2.72. The van der Waals surface area contributed by atoms with Gasteiger partial charge in [-0.25, -0.2) is 0 Å². The fraction of sp³-hybridized carbons (Fsp3) is 0.158. The summed E-state index contributed by atoms with van der Waals surface area (Å²) in [5.41, 5.74) is 1.78. The van der Waals surface area contributed by atoms with Crippen LogP contribution in [-0.2, 0) is 4.79 Å². The van der Waals surface area contributed by atoms with Crippen LogP contribution in [0.2, 0.25) is 0 Å². The van der Waals surface area contributed by atoms with Gasteiger partial charge in [-0.15, -0.1) is 0 Å². The quantitative estimate of drug-likeness (QED) is 0.651. The molecule has 0 aliphatic rings. The van der Waals surface area contributed by atoms with Gasteiger partial charge in [0, 0.05) is 17.3 Å². The molecule has 0 saturated heterocycles. The number of Topliss-reactive ketones (excluding diaryl/α,β-unsaturated/α-hetero) is 1. The molecule has 1 amide bonds. The molecule has 0 bridgehead atoms. The number of hydrogen-bond acceptors (Lipinski definition) is 4. The molecule has 2 aromatic carbocycles. The molecule has 1 N–H and O–H groups in total. The third kappa shape index (κ3) is 4.23. The summed E-state index contributed by atoms with van der Waals surface area (Å²) >= 11 is 0. The van der Waals surface area contributed by atoms with E-state index in [1.165, 1.54) is 13.0 Å². The monoisotopic (exact) mass is 325 g/mol. The lowest BCUT2D eigenvalue weighted by molar-refractivity contribution is -0.111. The van der Waals surface area contributed by atoms with Gasteiger partial charge in [0.15, 0.2) is 5.78 Å². The van der Waals surface area contributed by atoms with Crippen molar-refractivity contribution < 1.29 is 19.1 Å². The van der Waals surface area contributed by atoms with Crippen LogP contribution in [0.15, 0.2) is 48.5 Å². The number of carbonyl (C=O) groups is 2. The lowest BCUT2D eigenvalue weighted by atomic mass is 10.1. The van der Waals surface area contributed by atoms with Crippen LogP contribution < -0.4 is 14.8 Å². The van der Waals surface area contributed by atoms with Gasteiger partial charge in [0.1, 0.15) is 11.5 Å². The van der Waals surface area contributed by atoms with Crippen molar-refractivity contribution in [2.24, 2.45) is 0 Å². The van der Waals surface area contributed by atoms with E-state index in [0.29, 0.717) is 28.3 Å². The van der Waals surface area contributed by atoms with E-state index < -0.39 is 0 Å². The summed E-state index contributed by atoms with van der Waals surface area (Å²) < 4.78 is 10.6. The zero-order valence-electron chi connectivity index (χ0n) is 13.8. The van der Waals surface area contributed by atoms with Crippen LogP contribution in [0, 0.1) is 0 Å². The Labute approximate surface area is 140 Å². The SMILES string of the molecule is COc1cccc(OC)c1C=CC(=O)Nc1cccc(C(C)=O)c1. The fourth-order valence-corrected chi connectivity index (χ4v) is 2.20. The number of hydrogen-bond donors (Lipinski definition) is 1. The normalized spacial score (nSPS) is 10.5. The van der Waals surface area contributed by atoms with Crippen LogP contribution >= 0.6 is 0 Å². The highest BCUT2D eigenvalue weighted by molar-refractivity contribution is 6.03. The molecule has 0 radical (unpaired) electrons. The predicted octanol–water partition coefficient (Wildman–Crippen LogP) is 3.56. The Kier molecular flexibility index (Phi) is 5.73. The minimum atomic E-state index is -0.316. The minimum absolute atomic E-state index is 0.0552. The lowest BCUT2D eigenvalue weighted by Gasteiger charge is -2.09. The smallest absolute Gasteiger partial charge is 0.248 e. The fourth-order valence-electron chi connectivity index (χ4n) is 2.20. The Balaban J connectivity index is 2.17. The number of anilines is 1. The van der Waals surface area contributed by atoms with Gasteiger partial charge in [-0.1, -0.05) is 18.2 Å². The second-order valence-corrected chi connectivity index (χ2v) is 5.04. The number of amides is 1. The number of nitrogens with one attached hydrogen (secondary N) is 1. The van der Waals surface area contributed by atoms with Crippen LogP contribution in [0.1, 0.15) is 22.8 Å². The summed E-state index contributed by atoms with van der Waals surface area (Å²) in [7, 11) is 3.11. The van der Waals surface area contributed by atoms with E-state index in [1.807, 2.05) is 6.07 Å². The second kappa shape index (κ2) is 7.97. The standard InChI is InChI=1S/C19H19NO4/c1-13(21)14-6-4-7-15(12-14)20-19(22)11-10-16-17(23-2)8-5-9-18(16)24-3/h4-12H,1-3H3,(H,20,22). The maximum absolute atomic E-state index is 12.1. The molecule has 0 heterocycles. The summed E-state index contributed by atoms with van der Waals surface area (Å²) in [4.78, 5) is 23.5. The lowest BCUT2D eigenvalue weighted by Crippen LogP contribution is -2.08. The Morgan fingerprint density at radius 3 is 2.21 bits per heavy atom. The molecule has 0 saturated carbocycles. The van der Waals surface area contributed by atoms with Crippen molar-refractivity contribution in [2.75, 3.05) is 19.5 Å². The Morgan fingerprint density at radius 2 is 1.62 bits per heavy atom. The summed E-state index contributed by atoms with van der Waals surface area (Å²) in [6.45, 7) is 1.48. The molecule has 5 nitrogen and oxygen atoms in total. The molecule has 24 heavy (non-hydrogen) atoms. The van der Waals surface area contributed by atoms with Gasteiger partial charge < -0.3 is 14.8 Å². The Bertz CT molecular complexity index is 758. The van der Waals surface area contributed by atoms with Gasteiger partial charge in [-0.2, -0.15) is 0 Å². The maximum Gasteiger partial charge on any atom is 0.248 e. The Hall–Kier alpha value is -3.08.